The van der Waals surface area contributed by atoms with E-state index in [9.17, 15) is 22.8 Å². The number of nitrogens with zero attached hydrogens (tertiary/aromatic N) is 1. The number of H-pyrrole nitrogens is 2. The molecule has 1 aliphatic heterocycles. The van der Waals surface area contributed by atoms with Gasteiger partial charge in [-0.1, -0.05) is 0 Å². The summed E-state index contributed by atoms with van der Waals surface area (Å²) in [6.45, 7) is 0.160. The van der Waals surface area contributed by atoms with Crippen molar-refractivity contribution in [1.82, 2.24) is 19.6 Å². The van der Waals surface area contributed by atoms with E-state index in [1.165, 1.54) is 0 Å². The van der Waals surface area contributed by atoms with Crippen LogP contribution in [-0.4, -0.2) is 48.2 Å². The Morgan fingerprint density at radius 1 is 1.21 bits per heavy atom. The molecule has 1 saturated heterocycles. The van der Waals surface area contributed by atoms with Crippen LogP contribution >= 0.6 is 0 Å². The van der Waals surface area contributed by atoms with Gasteiger partial charge in [-0.15, -0.1) is 0 Å². The summed E-state index contributed by atoms with van der Waals surface area (Å²) in [6.07, 6.45) is 1.28. The maximum Gasteiger partial charge on any atom is 0.325 e. The molecule has 19 heavy (non-hydrogen) atoms. The minimum absolute atomic E-state index is 0.125. The van der Waals surface area contributed by atoms with Crippen molar-refractivity contribution < 1.29 is 13.2 Å². The maximum atomic E-state index is 12.2. The van der Waals surface area contributed by atoms with Crippen molar-refractivity contribution in [3.8, 4) is 0 Å². The zero-order chi connectivity index (χ0) is 14.0. The molecule has 1 aromatic heterocycles. The number of carbonyl (C=O) groups excluding carboxylic acids is 1. The summed E-state index contributed by atoms with van der Waals surface area (Å²) in [5, 5.41) is 2.53. The van der Waals surface area contributed by atoms with Crippen LogP contribution in [-0.2, 0) is 14.8 Å². The van der Waals surface area contributed by atoms with Crippen molar-refractivity contribution in [3.05, 3.63) is 27.0 Å². The lowest BCUT2D eigenvalue weighted by Gasteiger charge is -2.17. The van der Waals surface area contributed by atoms with E-state index in [0.29, 0.717) is 13.0 Å². The predicted octanol–water partition coefficient (Wildman–Crippen LogP) is -2.43. The number of carbonyl (C=O) groups is 1. The van der Waals surface area contributed by atoms with Crippen LogP contribution in [0.3, 0.4) is 0 Å². The van der Waals surface area contributed by atoms with Crippen LogP contribution in [0.25, 0.3) is 0 Å². The molecule has 0 radical (unpaired) electrons. The van der Waals surface area contributed by atoms with Crippen molar-refractivity contribution in [2.24, 2.45) is 0 Å². The quantitative estimate of drug-likeness (QED) is 0.557. The maximum absolute atomic E-state index is 12.2. The highest BCUT2D eigenvalue weighted by Crippen LogP contribution is 2.11. The third kappa shape index (κ3) is 2.74. The fourth-order valence-electron chi connectivity index (χ4n) is 1.71. The minimum Gasteiger partial charge on any atom is -0.355 e. The van der Waals surface area contributed by atoms with Crippen molar-refractivity contribution in [1.29, 1.82) is 0 Å². The number of amides is 1. The van der Waals surface area contributed by atoms with Gasteiger partial charge in [-0.2, -0.15) is 4.31 Å². The Balaban J connectivity index is 2.44. The van der Waals surface area contributed by atoms with E-state index in [-0.39, 0.29) is 13.1 Å². The molecule has 1 aliphatic rings. The first-order valence-electron chi connectivity index (χ1n) is 5.50. The second kappa shape index (κ2) is 4.97. The van der Waals surface area contributed by atoms with Crippen LogP contribution in [0, 0.1) is 0 Å². The topological polar surface area (TPSA) is 132 Å². The van der Waals surface area contributed by atoms with Crippen molar-refractivity contribution in [2.75, 3.05) is 19.6 Å². The summed E-state index contributed by atoms with van der Waals surface area (Å²) in [5.41, 5.74) is -1.80. The van der Waals surface area contributed by atoms with Gasteiger partial charge in [0, 0.05) is 19.3 Å². The van der Waals surface area contributed by atoms with Crippen molar-refractivity contribution >= 4 is 15.9 Å². The van der Waals surface area contributed by atoms with E-state index >= 15 is 0 Å². The van der Waals surface area contributed by atoms with Crippen LogP contribution in [0.15, 0.2) is 20.7 Å². The van der Waals surface area contributed by atoms with Gasteiger partial charge in [-0.05, 0) is 6.42 Å². The SMILES string of the molecule is O=C1CN(S(=O)(=O)c2c[nH]c(=O)[nH]c2=O)CCCN1. The molecular weight excluding hydrogens is 276 g/mol. The molecular formula is C9H12N4O5S. The molecule has 0 atom stereocenters. The van der Waals surface area contributed by atoms with Crippen molar-refractivity contribution in [3.63, 3.8) is 0 Å². The van der Waals surface area contributed by atoms with Crippen molar-refractivity contribution in [2.45, 2.75) is 11.3 Å². The Labute approximate surface area is 107 Å². The van der Waals surface area contributed by atoms with Gasteiger partial charge in [0.1, 0.15) is 0 Å². The van der Waals surface area contributed by atoms with E-state index in [1.807, 2.05) is 4.98 Å². The number of rotatable bonds is 2. The highest BCUT2D eigenvalue weighted by atomic mass is 32.2. The Bertz CT molecular complexity index is 704. The van der Waals surface area contributed by atoms with E-state index in [4.69, 9.17) is 0 Å². The number of aromatic nitrogens is 2. The van der Waals surface area contributed by atoms with Gasteiger partial charge >= 0.3 is 5.69 Å². The summed E-state index contributed by atoms with van der Waals surface area (Å²) in [7, 11) is -4.11. The first-order valence-corrected chi connectivity index (χ1v) is 6.94. The zero-order valence-corrected chi connectivity index (χ0v) is 10.6. The number of nitrogens with one attached hydrogen (secondary N) is 3. The molecule has 2 rings (SSSR count). The zero-order valence-electron chi connectivity index (χ0n) is 9.80. The fourth-order valence-corrected chi connectivity index (χ4v) is 3.14. The van der Waals surface area contributed by atoms with Crippen LogP contribution in [0.2, 0.25) is 0 Å². The number of hydrogen-bond donors (Lipinski definition) is 3. The lowest BCUT2D eigenvalue weighted by molar-refractivity contribution is -0.120. The smallest absolute Gasteiger partial charge is 0.325 e. The van der Waals surface area contributed by atoms with Gasteiger partial charge < -0.3 is 10.3 Å². The molecule has 0 spiro atoms. The molecule has 2 heterocycles. The molecule has 1 fully saturated rings. The Morgan fingerprint density at radius 2 is 1.95 bits per heavy atom. The summed E-state index contributed by atoms with van der Waals surface area (Å²) >= 11 is 0. The van der Waals surface area contributed by atoms with Gasteiger partial charge in [0.2, 0.25) is 5.91 Å². The molecule has 0 aromatic carbocycles. The third-order valence-corrected chi connectivity index (χ3v) is 4.48. The second-order valence-corrected chi connectivity index (χ2v) is 5.88. The summed E-state index contributed by atoms with van der Waals surface area (Å²) in [6, 6.07) is 0. The highest BCUT2D eigenvalue weighted by Gasteiger charge is 2.30. The first-order chi connectivity index (χ1) is 8.91. The first kappa shape index (κ1) is 13.5. The third-order valence-electron chi connectivity index (χ3n) is 2.63. The Kier molecular flexibility index (Phi) is 3.53. The second-order valence-electron chi connectivity index (χ2n) is 3.98. The normalized spacial score (nSPS) is 17.8. The average molecular weight is 288 g/mol. The summed E-state index contributed by atoms with van der Waals surface area (Å²) in [5.74, 6) is -0.429. The molecule has 9 nitrogen and oxygen atoms in total. The van der Waals surface area contributed by atoms with Crippen LogP contribution in [0.1, 0.15) is 6.42 Å². The lowest BCUT2D eigenvalue weighted by Crippen LogP contribution is -2.40. The van der Waals surface area contributed by atoms with Gasteiger partial charge in [0.15, 0.2) is 4.90 Å². The van der Waals surface area contributed by atoms with E-state index in [1.54, 1.807) is 0 Å². The summed E-state index contributed by atoms with van der Waals surface area (Å²) in [4.78, 5) is 37.1. The molecule has 1 aromatic rings. The standard InChI is InChI=1S/C9H12N4O5S/c14-7-5-13(3-1-2-10-7)19(17,18)6-4-11-9(16)12-8(6)15/h4H,1-3,5H2,(H,10,14)(H2,11,12,15,16). The highest BCUT2D eigenvalue weighted by molar-refractivity contribution is 7.89. The van der Waals surface area contributed by atoms with E-state index in [2.05, 4.69) is 10.3 Å². The number of sulfonamides is 1. The number of hydrogen-bond acceptors (Lipinski definition) is 5. The summed E-state index contributed by atoms with van der Waals surface area (Å²) < 4.78 is 25.4. The van der Waals surface area contributed by atoms with Gasteiger partial charge in [0.05, 0.1) is 6.54 Å². The van der Waals surface area contributed by atoms with Gasteiger partial charge in [-0.3, -0.25) is 14.6 Å². The molecule has 0 unspecified atom stereocenters. The molecule has 104 valence electrons. The van der Waals surface area contributed by atoms with E-state index < -0.39 is 32.1 Å². The molecule has 0 aliphatic carbocycles. The fraction of sp³-hybridized carbons (Fsp3) is 0.444. The van der Waals surface area contributed by atoms with Crippen LogP contribution < -0.4 is 16.6 Å². The van der Waals surface area contributed by atoms with Gasteiger partial charge in [0.25, 0.3) is 15.6 Å². The van der Waals surface area contributed by atoms with Crippen LogP contribution in [0.4, 0.5) is 0 Å². The molecule has 0 saturated carbocycles. The van der Waals surface area contributed by atoms with Crippen LogP contribution in [0.5, 0.6) is 0 Å². The Hall–Kier alpha value is -1.94. The van der Waals surface area contributed by atoms with E-state index in [0.717, 1.165) is 10.5 Å². The minimum atomic E-state index is -4.11. The molecule has 10 heteroatoms. The lowest BCUT2D eigenvalue weighted by atomic mass is 10.4. The molecule has 0 bridgehead atoms. The molecule has 1 amide bonds. The van der Waals surface area contributed by atoms with Gasteiger partial charge in [-0.25, -0.2) is 13.2 Å². The Morgan fingerprint density at radius 3 is 2.63 bits per heavy atom. The molecule has 3 N–H and O–H groups in total. The predicted molar refractivity (Wildman–Crippen MR) is 64.1 cm³/mol. The average Bonchev–Trinajstić information content (AvgIpc) is 2.53. The monoisotopic (exact) mass is 288 g/mol. The largest absolute Gasteiger partial charge is 0.355 e. The number of aromatic amines is 2.